The van der Waals surface area contributed by atoms with E-state index < -0.39 is 10.0 Å². The van der Waals surface area contributed by atoms with Gasteiger partial charge in [-0.25, -0.2) is 17.9 Å². The molecular weight excluding hydrogens is 346 g/mol. The molecule has 2 heterocycles. The largest absolute Gasteiger partial charge is 0.450 e. The number of ether oxygens (including phenoxy) is 1. The highest BCUT2D eigenvalue weighted by molar-refractivity contribution is 7.88. The van der Waals surface area contributed by atoms with Gasteiger partial charge in [-0.3, -0.25) is 0 Å². The molecule has 1 fully saturated rings. The number of hydrogen-bond acceptors (Lipinski definition) is 6. The number of piperidine rings is 1. The van der Waals surface area contributed by atoms with E-state index >= 15 is 0 Å². The Hall–Kier alpha value is -2.13. The number of sulfonamides is 1. The second-order valence-electron chi connectivity index (χ2n) is 5.96. The Morgan fingerprint density at radius 1 is 1.36 bits per heavy atom. The summed E-state index contributed by atoms with van der Waals surface area (Å²) in [5, 5.41) is 4.56. The molecule has 0 radical (unpaired) electrons. The topological polar surface area (TPSA) is 102 Å². The van der Waals surface area contributed by atoms with Gasteiger partial charge in [-0.1, -0.05) is 17.3 Å². The summed E-state index contributed by atoms with van der Waals surface area (Å²) in [5.74, 6) is -0.234. The van der Waals surface area contributed by atoms with E-state index in [-0.39, 0.29) is 17.9 Å². The van der Waals surface area contributed by atoms with Gasteiger partial charge in [-0.2, -0.15) is 0 Å². The third-order valence-corrected chi connectivity index (χ3v) is 5.49. The van der Waals surface area contributed by atoms with Crippen molar-refractivity contribution in [2.75, 3.05) is 19.7 Å². The maximum atomic E-state index is 12.4. The Labute approximate surface area is 146 Å². The van der Waals surface area contributed by atoms with Crippen molar-refractivity contribution in [1.29, 1.82) is 0 Å². The number of benzene rings is 1. The normalized spacial score (nSPS) is 16.3. The number of carbonyl (C=O) groups excluding carboxylic acids is 1. The first-order valence-corrected chi connectivity index (χ1v) is 9.88. The first-order chi connectivity index (χ1) is 12.0. The molecule has 1 amide bonds. The fourth-order valence-electron chi connectivity index (χ4n) is 2.91. The second-order valence-corrected chi connectivity index (χ2v) is 7.72. The van der Waals surface area contributed by atoms with Crippen LogP contribution in [0.1, 0.15) is 25.5 Å². The monoisotopic (exact) mass is 367 g/mol. The van der Waals surface area contributed by atoms with Gasteiger partial charge in [0.1, 0.15) is 11.4 Å². The number of amides is 1. The van der Waals surface area contributed by atoms with Gasteiger partial charge in [0.2, 0.25) is 10.0 Å². The first kappa shape index (κ1) is 17.7. The molecule has 25 heavy (non-hydrogen) atoms. The minimum atomic E-state index is -3.55. The third-order valence-electron chi connectivity index (χ3n) is 4.15. The molecule has 2 aromatic rings. The quantitative estimate of drug-likeness (QED) is 0.866. The molecule has 1 aromatic heterocycles. The number of nitrogens with one attached hydrogen (secondary N) is 1. The minimum Gasteiger partial charge on any atom is -0.450 e. The van der Waals surface area contributed by atoms with Crippen LogP contribution in [-0.2, 0) is 20.5 Å². The van der Waals surface area contributed by atoms with Crippen molar-refractivity contribution in [3.8, 4) is 0 Å². The van der Waals surface area contributed by atoms with Crippen LogP contribution in [0.25, 0.3) is 11.0 Å². The summed E-state index contributed by atoms with van der Waals surface area (Å²) in [5.41, 5.74) is 0.961. The van der Waals surface area contributed by atoms with Crippen molar-refractivity contribution in [3.63, 3.8) is 0 Å². The van der Waals surface area contributed by atoms with Gasteiger partial charge in [-0.05, 0) is 31.9 Å². The molecule has 1 aliphatic heterocycles. The van der Waals surface area contributed by atoms with Crippen LogP contribution in [0.2, 0.25) is 0 Å². The van der Waals surface area contributed by atoms with Gasteiger partial charge in [0, 0.05) is 24.5 Å². The SMILES string of the molecule is CCOC(=O)N1CCC(NS(=O)(=O)Cc2noc3ccccc23)CC1. The highest BCUT2D eigenvalue weighted by Crippen LogP contribution is 2.20. The Morgan fingerprint density at radius 3 is 2.80 bits per heavy atom. The van der Waals surface area contributed by atoms with Gasteiger partial charge in [-0.15, -0.1) is 0 Å². The number of nitrogens with zero attached hydrogens (tertiary/aromatic N) is 2. The standard InChI is InChI=1S/C16H21N3O5S/c1-2-23-16(20)19-9-7-12(8-10-19)18-25(21,22)11-14-13-5-3-4-6-15(13)24-17-14/h3-6,12,18H,2,7-11H2,1H3. The highest BCUT2D eigenvalue weighted by Gasteiger charge is 2.27. The zero-order valence-electron chi connectivity index (χ0n) is 14.0. The number of para-hydroxylation sites is 1. The van der Waals surface area contributed by atoms with Crippen molar-refractivity contribution in [1.82, 2.24) is 14.8 Å². The molecule has 3 rings (SSSR count). The highest BCUT2D eigenvalue weighted by atomic mass is 32.2. The molecule has 9 heteroatoms. The van der Waals surface area contributed by atoms with E-state index in [0.29, 0.717) is 49.2 Å². The summed E-state index contributed by atoms with van der Waals surface area (Å²) in [4.78, 5) is 13.3. The summed E-state index contributed by atoms with van der Waals surface area (Å²) in [7, 11) is -3.55. The van der Waals surface area contributed by atoms with Crippen LogP contribution in [0.4, 0.5) is 4.79 Å². The van der Waals surface area contributed by atoms with E-state index in [4.69, 9.17) is 9.26 Å². The van der Waals surface area contributed by atoms with E-state index in [2.05, 4.69) is 9.88 Å². The minimum absolute atomic E-state index is 0.200. The summed E-state index contributed by atoms with van der Waals surface area (Å²) >= 11 is 0. The summed E-state index contributed by atoms with van der Waals surface area (Å²) in [6.45, 7) is 3.03. The number of rotatable bonds is 5. The van der Waals surface area contributed by atoms with Gasteiger partial charge in [0.25, 0.3) is 0 Å². The molecule has 136 valence electrons. The number of fused-ring (bicyclic) bond motifs is 1. The van der Waals surface area contributed by atoms with Crippen LogP contribution >= 0.6 is 0 Å². The molecule has 1 aliphatic rings. The van der Waals surface area contributed by atoms with Gasteiger partial charge in [0.05, 0.1) is 6.61 Å². The summed E-state index contributed by atoms with van der Waals surface area (Å²) in [6.07, 6.45) is 0.757. The lowest BCUT2D eigenvalue weighted by atomic mass is 10.1. The molecule has 0 unspecified atom stereocenters. The zero-order chi connectivity index (χ0) is 17.9. The Balaban J connectivity index is 1.58. The van der Waals surface area contributed by atoms with Crippen LogP contribution < -0.4 is 4.72 Å². The maximum Gasteiger partial charge on any atom is 0.409 e. The summed E-state index contributed by atoms with van der Waals surface area (Å²) < 4.78 is 37.7. The van der Waals surface area contributed by atoms with Crippen LogP contribution in [0, 0.1) is 0 Å². The fraction of sp³-hybridized carbons (Fsp3) is 0.500. The van der Waals surface area contributed by atoms with Crippen LogP contribution in [-0.4, -0.2) is 50.3 Å². The first-order valence-electron chi connectivity index (χ1n) is 8.23. The van der Waals surface area contributed by atoms with Crippen molar-refractivity contribution >= 4 is 27.1 Å². The molecule has 0 saturated carbocycles. The average Bonchev–Trinajstić information content (AvgIpc) is 2.98. The van der Waals surface area contributed by atoms with Crippen molar-refractivity contribution < 1.29 is 22.5 Å². The molecule has 1 saturated heterocycles. The lowest BCUT2D eigenvalue weighted by molar-refractivity contribution is 0.0966. The molecule has 0 atom stereocenters. The van der Waals surface area contributed by atoms with E-state index in [1.54, 1.807) is 30.0 Å². The van der Waals surface area contributed by atoms with Crippen LogP contribution in [0.5, 0.6) is 0 Å². The van der Waals surface area contributed by atoms with Gasteiger partial charge >= 0.3 is 6.09 Å². The molecule has 0 aliphatic carbocycles. The van der Waals surface area contributed by atoms with E-state index in [1.807, 2.05) is 6.07 Å². The Kier molecular flexibility index (Phi) is 5.24. The second kappa shape index (κ2) is 7.40. The van der Waals surface area contributed by atoms with Crippen LogP contribution in [0.15, 0.2) is 28.8 Å². The maximum absolute atomic E-state index is 12.4. The van der Waals surface area contributed by atoms with Crippen molar-refractivity contribution in [3.05, 3.63) is 30.0 Å². The molecular formula is C16H21N3O5S. The summed E-state index contributed by atoms with van der Waals surface area (Å²) in [6, 6.07) is 6.95. The van der Waals surface area contributed by atoms with E-state index in [0.717, 1.165) is 0 Å². The van der Waals surface area contributed by atoms with E-state index in [1.165, 1.54) is 0 Å². The lowest BCUT2D eigenvalue weighted by Crippen LogP contribution is -2.46. The molecule has 8 nitrogen and oxygen atoms in total. The van der Waals surface area contributed by atoms with Crippen molar-refractivity contribution in [2.45, 2.75) is 31.6 Å². The fourth-order valence-corrected chi connectivity index (χ4v) is 4.31. The molecule has 0 spiro atoms. The van der Waals surface area contributed by atoms with Crippen molar-refractivity contribution in [2.24, 2.45) is 0 Å². The van der Waals surface area contributed by atoms with Gasteiger partial charge in [0.15, 0.2) is 5.58 Å². The van der Waals surface area contributed by atoms with E-state index in [9.17, 15) is 13.2 Å². The number of carbonyl (C=O) groups is 1. The van der Waals surface area contributed by atoms with Crippen LogP contribution in [0.3, 0.4) is 0 Å². The zero-order valence-corrected chi connectivity index (χ0v) is 14.8. The predicted molar refractivity (Wildman–Crippen MR) is 91.4 cm³/mol. The third kappa shape index (κ3) is 4.29. The smallest absolute Gasteiger partial charge is 0.409 e. The Morgan fingerprint density at radius 2 is 2.08 bits per heavy atom. The number of hydrogen-bond donors (Lipinski definition) is 1. The Bertz CT molecular complexity index is 840. The number of likely N-dealkylation sites (tertiary alicyclic amines) is 1. The number of aromatic nitrogens is 1. The molecule has 0 bridgehead atoms. The molecule has 1 N–H and O–H groups in total. The lowest BCUT2D eigenvalue weighted by Gasteiger charge is -2.31. The van der Waals surface area contributed by atoms with Gasteiger partial charge < -0.3 is 14.2 Å². The molecule has 1 aromatic carbocycles. The predicted octanol–water partition coefficient (Wildman–Crippen LogP) is 1.87. The average molecular weight is 367 g/mol.